The van der Waals surface area contributed by atoms with Gasteiger partial charge in [-0.15, -0.1) is 0 Å². The Morgan fingerprint density at radius 3 is 3.24 bits per heavy atom. The lowest BCUT2D eigenvalue weighted by Gasteiger charge is -2.25. The second-order valence-corrected chi connectivity index (χ2v) is 4.56. The van der Waals surface area contributed by atoms with Gasteiger partial charge in [0.05, 0.1) is 13.2 Å². The van der Waals surface area contributed by atoms with E-state index in [0.29, 0.717) is 19.8 Å². The lowest BCUT2D eigenvalue weighted by atomic mass is 10.1. The third-order valence-corrected chi connectivity index (χ3v) is 2.75. The van der Waals surface area contributed by atoms with Gasteiger partial charge in [-0.2, -0.15) is 0 Å². The smallest absolute Gasteiger partial charge is 0.134 e. The van der Waals surface area contributed by atoms with E-state index in [2.05, 4.69) is 5.32 Å². The van der Waals surface area contributed by atoms with Crippen LogP contribution in [0.5, 0.6) is 5.75 Å². The summed E-state index contributed by atoms with van der Waals surface area (Å²) in [7, 11) is 0. The lowest BCUT2D eigenvalue weighted by Crippen LogP contribution is -2.47. The molecule has 4 heteroatoms. The van der Waals surface area contributed by atoms with Crippen LogP contribution in [0.4, 0.5) is 0 Å². The number of ether oxygens (including phenoxy) is 2. The van der Waals surface area contributed by atoms with Gasteiger partial charge in [0.2, 0.25) is 0 Å². The minimum Gasteiger partial charge on any atom is -0.490 e. The molecular formula is C13H19NO3. The van der Waals surface area contributed by atoms with Gasteiger partial charge in [0, 0.05) is 13.1 Å². The summed E-state index contributed by atoms with van der Waals surface area (Å²) in [6.07, 6.45) is 0. The van der Waals surface area contributed by atoms with Crippen molar-refractivity contribution in [3.63, 3.8) is 0 Å². The van der Waals surface area contributed by atoms with E-state index in [4.69, 9.17) is 9.47 Å². The molecule has 0 amide bonds. The van der Waals surface area contributed by atoms with Gasteiger partial charge in [0.25, 0.3) is 0 Å². The Morgan fingerprint density at radius 2 is 2.41 bits per heavy atom. The van der Waals surface area contributed by atoms with E-state index in [1.54, 1.807) is 0 Å². The summed E-state index contributed by atoms with van der Waals surface area (Å²) in [6, 6.07) is 7.80. The van der Waals surface area contributed by atoms with Crippen molar-refractivity contribution >= 4 is 0 Å². The van der Waals surface area contributed by atoms with Gasteiger partial charge in [0.15, 0.2) is 0 Å². The fraction of sp³-hybridized carbons (Fsp3) is 0.538. The van der Waals surface area contributed by atoms with Crippen molar-refractivity contribution < 1.29 is 14.6 Å². The lowest BCUT2D eigenvalue weighted by molar-refractivity contribution is -0.0552. The number of rotatable bonds is 3. The van der Waals surface area contributed by atoms with Crippen LogP contribution >= 0.6 is 0 Å². The average Bonchev–Trinajstić information content (AvgIpc) is 2.53. The molecule has 1 saturated heterocycles. The maximum absolute atomic E-state index is 10.3. The zero-order chi connectivity index (χ0) is 12.1. The van der Waals surface area contributed by atoms with Gasteiger partial charge >= 0.3 is 0 Å². The summed E-state index contributed by atoms with van der Waals surface area (Å²) in [5.41, 5.74) is 0.199. The van der Waals surface area contributed by atoms with Crippen LogP contribution in [-0.4, -0.2) is 43.6 Å². The van der Waals surface area contributed by atoms with Crippen molar-refractivity contribution in [2.24, 2.45) is 0 Å². The Balaban J connectivity index is 1.92. The maximum atomic E-state index is 10.3. The zero-order valence-corrected chi connectivity index (χ0v) is 10.1. The van der Waals surface area contributed by atoms with E-state index in [-0.39, 0.29) is 6.61 Å². The van der Waals surface area contributed by atoms with E-state index in [1.165, 1.54) is 0 Å². The van der Waals surface area contributed by atoms with Crippen LogP contribution in [-0.2, 0) is 4.74 Å². The number of aryl methyl sites for hydroxylation is 1. The molecule has 0 unspecified atom stereocenters. The van der Waals surface area contributed by atoms with Crippen molar-refractivity contribution in [1.82, 2.24) is 5.32 Å². The van der Waals surface area contributed by atoms with Crippen LogP contribution in [0.25, 0.3) is 0 Å². The molecule has 0 aromatic heterocycles. The van der Waals surface area contributed by atoms with Crippen LogP contribution in [0.15, 0.2) is 24.3 Å². The third kappa shape index (κ3) is 3.70. The molecule has 0 radical (unpaired) electrons. The van der Waals surface area contributed by atoms with Gasteiger partial charge in [-0.1, -0.05) is 12.1 Å². The molecule has 1 fully saturated rings. The van der Waals surface area contributed by atoms with Crippen molar-refractivity contribution in [1.29, 1.82) is 0 Å². The molecule has 2 N–H and O–H groups in total. The number of β-amino-alcohol motifs (C(OH)–C–C–N with tert-alkyl or cyclic N) is 1. The molecule has 2 rings (SSSR count). The highest BCUT2D eigenvalue weighted by Crippen LogP contribution is 2.15. The topological polar surface area (TPSA) is 50.7 Å². The summed E-state index contributed by atoms with van der Waals surface area (Å²) in [5, 5.41) is 13.4. The highest BCUT2D eigenvalue weighted by Gasteiger charge is 2.29. The molecule has 1 aliphatic heterocycles. The highest BCUT2D eigenvalue weighted by atomic mass is 16.5. The standard InChI is InChI=1S/C13H19NO3/c1-11-3-2-4-12(7-11)17-10-13(15)8-14-5-6-16-9-13/h2-4,7,14-15H,5-6,8-10H2,1H3/t13-/m1/s1. The highest BCUT2D eigenvalue weighted by molar-refractivity contribution is 5.27. The van der Waals surface area contributed by atoms with Gasteiger partial charge < -0.3 is 19.9 Å². The SMILES string of the molecule is Cc1cccc(OC[C@@]2(O)CNCCOC2)c1. The molecule has 17 heavy (non-hydrogen) atoms. The van der Waals surface area contributed by atoms with E-state index in [1.807, 2.05) is 31.2 Å². The molecule has 1 heterocycles. The van der Waals surface area contributed by atoms with Crippen LogP contribution in [0.2, 0.25) is 0 Å². The Bertz CT molecular complexity index is 359. The first-order valence-electron chi connectivity index (χ1n) is 5.88. The monoisotopic (exact) mass is 237 g/mol. The van der Waals surface area contributed by atoms with Gasteiger partial charge in [-0.3, -0.25) is 0 Å². The van der Waals surface area contributed by atoms with E-state index >= 15 is 0 Å². The fourth-order valence-corrected chi connectivity index (χ4v) is 1.79. The minimum atomic E-state index is -0.944. The largest absolute Gasteiger partial charge is 0.490 e. The normalized spacial score (nSPS) is 25.3. The maximum Gasteiger partial charge on any atom is 0.134 e. The van der Waals surface area contributed by atoms with E-state index in [9.17, 15) is 5.11 Å². The third-order valence-electron chi connectivity index (χ3n) is 2.75. The molecule has 1 aromatic carbocycles. The molecule has 0 saturated carbocycles. The molecule has 0 spiro atoms. The molecule has 1 aliphatic rings. The Labute approximate surface area is 102 Å². The number of benzene rings is 1. The van der Waals surface area contributed by atoms with Gasteiger partial charge in [0.1, 0.15) is 18.0 Å². The molecule has 0 bridgehead atoms. The molecule has 0 aliphatic carbocycles. The second kappa shape index (κ2) is 5.49. The summed E-state index contributed by atoms with van der Waals surface area (Å²) in [5.74, 6) is 0.780. The minimum absolute atomic E-state index is 0.240. The first-order chi connectivity index (χ1) is 8.18. The molecule has 94 valence electrons. The molecule has 4 nitrogen and oxygen atoms in total. The molecule has 1 aromatic rings. The van der Waals surface area contributed by atoms with Crippen molar-refractivity contribution in [3.05, 3.63) is 29.8 Å². The van der Waals surface area contributed by atoms with Gasteiger partial charge in [-0.05, 0) is 24.6 Å². The molecule has 1 atom stereocenters. The van der Waals surface area contributed by atoms with E-state index in [0.717, 1.165) is 17.9 Å². The predicted octanol–water partition coefficient (Wildman–Crippen LogP) is 0.725. The second-order valence-electron chi connectivity index (χ2n) is 4.56. The van der Waals surface area contributed by atoms with Crippen LogP contribution in [0, 0.1) is 6.92 Å². The summed E-state index contributed by atoms with van der Waals surface area (Å²) in [6.45, 7) is 4.46. The van der Waals surface area contributed by atoms with E-state index < -0.39 is 5.60 Å². The van der Waals surface area contributed by atoms with Crippen LogP contribution in [0.1, 0.15) is 5.56 Å². The molecular weight excluding hydrogens is 218 g/mol. The Morgan fingerprint density at radius 1 is 1.53 bits per heavy atom. The van der Waals surface area contributed by atoms with Crippen molar-refractivity contribution in [3.8, 4) is 5.75 Å². The number of aliphatic hydroxyl groups is 1. The first-order valence-corrected chi connectivity index (χ1v) is 5.88. The predicted molar refractivity (Wildman–Crippen MR) is 65.3 cm³/mol. The Kier molecular flexibility index (Phi) is 3.99. The van der Waals surface area contributed by atoms with Crippen LogP contribution < -0.4 is 10.1 Å². The average molecular weight is 237 g/mol. The van der Waals surface area contributed by atoms with Gasteiger partial charge in [-0.25, -0.2) is 0 Å². The summed E-state index contributed by atoms with van der Waals surface area (Å²) < 4.78 is 10.9. The zero-order valence-electron chi connectivity index (χ0n) is 10.1. The van der Waals surface area contributed by atoms with Crippen molar-refractivity contribution in [2.75, 3.05) is 32.9 Å². The fourth-order valence-electron chi connectivity index (χ4n) is 1.79. The van der Waals surface area contributed by atoms with Crippen LogP contribution in [0.3, 0.4) is 0 Å². The summed E-state index contributed by atoms with van der Waals surface area (Å²) >= 11 is 0. The number of hydrogen-bond acceptors (Lipinski definition) is 4. The Hall–Kier alpha value is -1.10. The number of hydrogen-bond donors (Lipinski definition) is 2. The quantitative estimate of drug-likeness (QED) is 0.813. The first kappa shape index (κ1) is 12.4. The van der Waals surface area contributed by atoms with Crippen molar-refractivity contribution in [2.45, 2.75) is 12.5 Å². The summed E-state index contributed by atoms with van der Waals surface area (Å²) in [4.78, 5) is 0. The number of nitrogens with one attached hydrogen (secondary N) is 1.